The van der Waals surface area contributed by atoms with E-state index in [2.05, 4.69) is 21.2 Å². The molecule has 198 valence electrons. The highest BCUT2D eigenvalue weighted by Gasteiger charge is 2.34. The van der Waals surface area contributed by atoms with Gasteiger partial charge < -0.3 is 16.0 Å². The molecule has 1 fully saturated rings. The molecule has 0 spiro atoms. The van der Waals surface area contributed by atoms with E-state index >= 15 is 0 Å². The van der Waals surface area contributed by atoms with E-state index in [1.807, 2.05) is 4.40 Å². The van der Waals surface area contributed by atoms with Gasteiger partial charge in [0.1, 0.15) is 28.7 Å². The lowest BCUT2D eigenvalue weighted by Gasteiger charge is -2.23. The van der Waals surface area contributed by atoms with Crippen LogP contribution in [0.1, 0.15) is 47.1 Å². The Kier molecular flexibility index (Phi) is 6.66. The Morgan fingerprint density at radius 1 is 1.15 bits per heavy atom. The molecule has 1 atom stereocenters. The zero-order valence-corrected chi connectivity index (χ0v) is 20.4. The van der Waals surface area contributed by atoms with E-state index in [4.69, 9.17) is 17.1 Å². The summed E-state index contributed by atoms with van der Waals surface area (Å²) in [6.45, 7) is 0.570. The van der Waals surface area contributed by atoms with Crippen molar-refractivity contribution in [2.24, 2.45) is 0 Å². The molecule has 4 aromatic rings. The van der Waals surface area contributed by atoms with E-state index in [1.54, 1.807) is 29.4 Å². The van der Waals surface area contributed by atoms with Gasteiger partial charge in [-0.1, -0.05) is 18.1 Å². The van der Waals surface area contributed by atoms with Crippen LogP contribution in [0, 0.1) is 12.3 Å². The molecule has 3 aromatic heterocycles. The third-order valence-corrected chi connectivity index (χ3v) is 6.48. The zero-order valence-electron chi connectivity index (χ0n) is 20.4. The number of nitrogen functional groups attached to an aromatic ring is 1. The molecule has 1 aliphatic rings. The van der Waals surface area contributed by atoms with Crippen LogP contribution in [0.2, 0.25) is 0 Å². The molecule has 0 radical (unpaired) electrons. The minimum absolute atomic E-state index is 0.00406. The van der Waals surface area contributed by atoms with Gasteiger partial charge in [0.25, 0.3) is 5.91 Å². The van der Waals surface area contributed by atoms with Crippen LogP contribution in [0.3, 0.4) is 0 Å². The van der Waals surface area contributed by atoms with Gasteiger partial charge in [0.15, 0.2) is 0 Å². The highest BCUT2D eigenvalue weighted by atomic mass is 19.4. The Morgan fingerprint density at radius 3 is 2.64 bits per heavy atom. The van der Waals surface area contributed by atoms with Gasteiger partial charge in [0.2, 0.25) is 5.91 Å². The lowest BCUT2D eigenvalue weighted by Crippen LogP contribution is -2.31. The van der Waals surface area contributed by atoms with E-state index in [-0.39, 0.29) is 35.6 Å². The SMILES string of the molecule is C#CCC(=O)N1CCCC1c1nc(-c2ccc(C(=O)Nc3cc(C(F)(F)F)ccn3)cc2)c2c(N)nccn12. The van der Waals surface area contributed by atoms with Crippen LogP contribution in [-0.2, 0) is 11.0 Å². The Morgan fingerprint density at radius 2 is 1.92 bits per heavy atom. The maximum atomic E-state index is 13.0. The van der Waals surface area contributed by atoms with Gasteiger partial charge in [-0.15, -0.1) is 6.42 Å². The van der Waals surface area contributed by atoms with Crippen LogP contribution < -0.4 is 11.1 Å². The summed E-state index contributed by atoms with van der Waals surface area (Å²) in [4.78, 5) is 39.9. The van der Waals surface area contributed by atoms with E-state index in [0.717, 1.165) is 24.8 Å². The zero-order chi connectivity index (χ0) is 27.7. The summed E-state index contributed by atoms with van der Waals surface area (Å²) in [6.07, 6.45) is 6.55. The predicted octanol–water partition coefficient (Wildman–Crippen LogP) is 4.33. The molecule has 39 heavy (non-hydrogen) atoms. The molecule has 3 N–H and O–H groups in total. The molecule has 1 saturated heterocycles. The number of nitrogens with zero attached hydrogens (tertiary/aromatic N) is 5. The van der Waals surface area contributed by atoms with Gasteiger partial charge in [0.05, 0.1) is 18.0 Å². The van der Waals surface area contributed by atoms with E-state index in [9.17, 15) is 22.8 Å². The summed E-state index contributed by atoms with van der Waals surface area (Å²) in [5.74, 6) is 2.26. The first kappa shape index (κ1) is 25.7. The number of aromatic nitrogens is 4. The number of likely N-dealkylation sites (tertiary alicyclic amines) is 1. The van der Waals surface area contributed by atoms with Gasteiger partial charge in [-0.3, -0.25) is 14.0 Å². The van der Waals surface area contributed by atoms with Crippen molar-refractivity contribution < 1.29 is 22.8 Å². The fourth-order valence-electron chi connectivity index (χ4n) is 4.69. The summed E-state index contributed by atoms with van der Waals surface area (Å²) < 4.78 is 40.8. The first-order valence-electron chi connectivity index (χ1n) is 12.0. The number of hydrogen-bond acceptors (Lipinski definition) is 6. The number of anilines is 2. The standard InChI is InChI=1S/C27H22F3N7O2/c1-2-4-21(38)36-13-3-5-19(36)25-35-22(23-24(31)33-12-14-37(23)25)16-6-8-17(9-7-16)26(39)34-20-15-18(10-11-32-20)27(28,29)30/h1,6-12,14-15,19H,3-5,13H2,(H2,31,33)(H,32,34,39). The van der Waals surface area contributed by atoms with Crippen molar-refractivity contribution in [1.29, 1.82) is 0 Å². The van der Waals surface area contributed by atoms with Crippen LogP contribution in [0.25, 0.3) is 16.8 Å². The average molecular weight is 534 g/mol. The molecule has 1 aromatic carbocycles. The Labute approximate surface area is 220 Å². The van der Waals surface area contributed by atoms with Gasteiger partial charge in [0, 0.05) is 36.3 Å². The highest BCUT2D eigenvalue weighted by molar-refractivity contribution is 6.04. The van der Waals surface area contributed by atoms with Crippen molar-refractivity contribution in [3.63, 3.8) is 0 Å². The summed E-state index contributed by atoms with van der Waals surface area (Å²) in [5, 5.41) is 2.38. The van der Waals surface area contributed by atoms with Gasteiger partial charge in [-0.2, -0.15) is 13.2 Å². The Hall–Kier alpha value is -4.92. The number of rotatable bonds is 5. The quantitative estimate of drug-likeness (QED) is 0.369. The Bertz CT molecular complexity index is 1610. The van der Waals surface area contributed by atoms with Gasteiger partial charge in [-0.25, -0.2) is 15.0 Å². The minimum Gasteiger partial charge on any atom is -0.382 e. The minimum atomic E-state index is -4.56. The number of benzene rings is 1. The first-order chi connectivity index (χ1) is 18.7. The van der Waals surface area contributed by atoms with Crippen molar-refractivity contribution in [2.45, 2.75) is 31.5 Å². The number of amides is 2. The molecule has 0 saturated carbocycles. The van der Waals surface area contributed by atoms with Crippen molar-refractivity contribution in [3.05, 3.63) is 71.9 Å². The second kappa shape index (κ2) is 10.1. The van der Waals surface area contributed by atoms with Crippen molar-refractivity contribution in [3.8, 4) is 23.6 Å². The number of terminal acetylenes is 1. The number of hydrogen-bond donors (Lipinski definition) is 2. The fraction of sp³-hybridized carbons (Fsp3) is 0.222. The smallest absolute Gasteiger partial charge is 0.382 e. The normalized spacial score (nSPS) is 15.3. The molecule has 9 nitrogen and oxygen atoms in total. The third-order valence-electron chi connectivity index (χ3n) is 6.48. The number of carbonyl (C=O) groups excluding carboxylic acids is 2. The highest BCUT2D eigenvalue weighted by Crippen LogP contribution is 2.37. The van der Waals surface area contributed by atoms with Crippen molar-refractivity contribution >= 4 is 29.0 Å². The average Bonchev–Trinajstić information content (AvgIpc) is 3.54. The van der Waals surface area contributed by atoms with E-state index < -0.39 is 17.6 Å². The molecule has 5 rings (SSSR count). The molecule has 0 bridgehead atoms. The summed E-state index contributed by atoms with van der Waals surface area (Å²) in [5.41, 5.74) is 7.20. The lowest BCUT2D eigenvalue weighted by molar-refractivity contribution is -0.137. The number of halogens is 3. The lowest BCUT2D eigenvalue weighted by atomic mass is 10.1. The van der Waals surface area contributed by atoms with Crippen molar-refractivity contribution in [2.75, 3.05) is 17.6 Å². The summed E-state index contributed by atoms with van der Waals surface area (Å²) >= 11 is 0. The van der Waals surface area contributed by atoms with E-state index in [0.29, 0.717) is 35.6 Å². The number of nitrogens with one attached hydrogen (secondary N) is 1. The first-order valence-corrected chi connectivity index (χ1v) is 12.0. The molecule has 12 heteroatoms. The van der Waals surface area contributed by atoms with E-state index in [1.165, 1.54) is 12.1 Å². The molecule has 2 amide bonds. The Balaban J connectivity index is 1.45. The second-order valence-electron chi connectivity index (χ2n) is 8.93. The number of carbonyl (C=O) groups is 2. The summed E-state index contributed by atoms with van der Waals surface area (Å²) in [6, 6.07) is 7.65. The maximum Gasteiger partial charge on any atom is 0.416 e. The molecule has 1 unspecified atom stereocenters. The van der Waals surface area contributed by atoms with Gasteiger partial charge >= 0.3 is 6.18 Å². The van der Waals surface area contributed by atoms with Crippen LogP contribution >= 0.6 is 0 Å². The second-order valence-corrected chi connectivity index (χ2v) is 8.93. The van der Waals surface area contributed by atoms with Crippen LogP contribution in [0.4, 0.5) is 24.8 Å². The number of pyridine rings is 1. The number of nitrogens with two attached hydrogens (primary N) is 1. The van der Waals surface area contributed by atoms with Gasteiger partial charge in [-0.05, 0) is 37.1 Å². The predicted molar refractivity (Wildman–Crippen MR) is 137 cm³/mol. The van der Waals surface area contributed by atoms with Crippen LogP contribution in [-0.4, -0.2) is 42.6 Å². The summed E-state index contributed by atoms with van der Waals surface area (Å²) in [7, 11) is 0. The molecule has 1 aliphatic heterocycles. The third kappa shape index (κ3) is 4.98. The fourth-order valence-corrected chi connectivity index (χ4v) is 4.69. The molecule has 4 heterocycles. The molecular formula is C27H22F3N7O2. The van der Waals surface area contributed by atoms with Crippen LogP contribution in [0.15, 0.2) is 55.0 Å². The van der Waals surface area contributed by atoms with Crippen LogP contribution in [0.5, 0.6) is 0 Å². The number of imidazole rings is 1. The molecule has 0 aliphatic carbocycles. The monoisotopic (exact) mass is 533 g/mol. The molecular weight excluding hydrogens is 511 g/mol. The maximum absolute atomic E-state index is 13.0. The largest absolute Gasteiger partial charge is 0.416 e. The number of fused-ring (bicyclic) bond motifs is 1. The van der Waals surface area contributed by atoms with Crippen molar-refractivity contribution in [1.82, 2.24) is 24.3 Å². The topological polar surface area (TPSA) is 119 Å². The number of alkyl halides is 3.